The van der Waals surface area contributed by atoms with Gasteiger partial charge in [0.25, 0.3) is 5.91 Å². The molecule has 0 unspecified atom stereocenters. The number of nitrogens with one attached hydrogen (secondary N) is 1. The molecule has 0 saturated carbocycles. The maximum Gasteiger partial charge on any atom is 0.255 e. The molecule has 1 N–H and O–H groups in total. The Hall–Kier alpha value is -2.53. The van der Waals surface area contributed by atoms with Crippen LogP contribution in [0.3, 0.4) is 0 Å². The third-order valence-electron chi connectivity index (χ3n) is 3.26. The van der Waals surface area contributed by atoms with Gasteiger partial charge in [-0.3, -0.25) is 4.79 Å². The summed E-state index contributed by atoms with van der Waals surface area (Å²) in [6.07, 6.45) is 0.0591. The van der Waals surface area contributed by atoms with Gasteiger partial charge in [-0.05, 0) is 51.1 Å². The van der Waals surface area contributed by atoms with E-state index < -0.39 is 0 Å². The molecule has 0 spiro atoms. The summed E-state index contributed by atoms with van der Waals surface area (Å²) in [6.45, 7) is 7.51. The molecule has 5 heteroatoms. The Bertz CT molecular complexity index is 685. The van der Waals surface area contributed by atoms with E-state index in [4.69, 9.17) is 14.2 Å². The SMILES string of the molecule is CCOCCOc1cccc(NC(=O)c2cccc(OC(C)C)c2)c1. The summed E-state index contributed by atoms with van der Waals surface area (Å²) in [5, 5.41) is 2.87. The molecule has 1 amide bonds. The van der Waals surface area contributed by atoms with Gasteiger partial charge in [-0.25, -0.2) is 0 Å². The van der Waals surface area contributed by atoms with Crippen molar-refractivity contribution < 1.29 is 19.0 Å². The van der Waals surface area contributed by atoms with Crippen LogP contribution < -0.4 is 14.8 Å². The number of rotatable bonds is 9. The zero-order chi connectivity index (χ0) is 18.1. The van der Waals surface area contributed by atoms with Crippen LogP contribution in [0.15, 0.2) is 48.5 Å². The second-order valence-corrected chi connectivity index (χ2v) is 5.72. The second kappa shape index (κ2) is 9.69. The van der Waals surface area contributed by atoms with Crippen molar-refractivity contribution in [3.05, 3.63) is 54.1 Å². The van der Waals surface area contributed by atoms with Crippen LogP contribution >= 0.6 is 0 Å². The Labute approximate surface area is 148 Å². The Morgan fingerprint density at radius 3 is 2.56 bits per heavy atom. The lowest BCUT2D eigenvalue weighted by molar-refractivity contribution is 0.102. The first-order chi connectivity index (χ1) is 12.1. The summed E-state index contributed by atoms with van der Waals surface area (Å²) < 4.78 is 16.5. The van der Waals surface area contributed by atoms with E-state index in [1.165, 1.54) is 0 Å². The number of hydrogen-bond donors (Lipinski definition) is 1. The summed E-state index contributed by atoms with van der Waals surface area (Å²) in [7, 11) is 0. The molecule has 5 nitrogen and oxygen atoms in total. The van der Waals surface area contributed by atoms with E-state index in [0.29, 0.717) is 42.6 Å². The van der Waals surface area contributed by atoms with Crippen LogP contribution in [0.4, 0.5) is 5.69 Å². The normalized spacial score (nSPS) is 10.6. The number of hydrogen-bond acceptors (Lipinski definition) is 4. The van der Waals surface area contributed by atoms with Crippen molar-refractivity contribution in [1.29, 1.82) is 0 Å². The Kier molecular flexibility index (Phi) is 7.29. The number of carbonyl (C=O) groups is 1. The van der Waals surface area contributed by atoms with E-state index in [1.54, 1.807) is 24.3 Å². The predicted molar refractivity (Wildman–Crippen MR) is 98.6 cm³/mol. The second-order valence-electron chi connectivity index (χ2n) is 5.72. The number of ether oxygens (including phenoxy) is 3. The van der Waals surface area contributed by atoms with Gasteiger partial charge < -0.3 is 19.5 Å². The molecule has 0 radical (unpaired) electrons. The Morgan fingerprint density at radius 2 is 1.80 bits per heavy atom. The van der Waals surface area contributed by atoms with E-state index in [1.807, 2.05) is 45.0 Å². The fourth-order valence-corrected chi connectivity index (χ4v) is 2.21. The van der Waals surface area contributed by atoms with Gasteiger partial charge >= 0.3 is 0 Å². The van der Waals surface area contributed by atoms with Gasteiger partial charge in [0, 0.05) is 23.9 Å². The van der Waals surface area contributed by atoms with Gasteiger partial charge in [0.05, 0.1) is 12.7 Å². The van der Waals surface area contributed by atoms with Crippen LogP contribution in [-0.4, -0.2) is 31.8 Å². The topological polar surface area (TPSA) is 56.8 Å². The highest BCUT2D eigenvalue weighted by atomic mass is 16.5. The lowest BCUT2D eigenvalue weighted by Gasteiger charge is -2.12. The van der Waals surface area contributed by atoms with Gasteiger partial charge in [-0.2, -0.15) is 0 Å². The number of amides is 1. The largest absolute Gasteiger partial charge is 0.491 e. The van der Waals surface area contributed by atoms with Crippen molar-refractivity contribution in [3.8, 4) is 11.5 Å². The molecule has 0 bridgehead atoms. The highest BCUT2D eigenvalue weighted by Crippen LogP contribution is 2.20. The van der Waals surface area contributed by atoms with Gasteiger partial charge in [-0.1, -0.05) is 12.1 Å². The molecule has 0 atom stereocenters. The van der Waals surface area contributed by atoms with Crippen molar-refractivity contribution in [2.75, 3.05) is 25.1 Å². The molecule has 0 aliphatic rings. The fraction of sp³-hybridized carbons (Fsp3) is 0.350. The number of anilines is 1. The summed E-state index contributed by atoms with van der Waals surface area (Å²) in [5.74, 6) is 1.17. The summed E-state index contributed by atoms with van der Waals surface area (Å²) in [6, 6.07) is 14.4. The standard InChI is InChI=1S/C20H25NO4/c1-4-23-11-12-24-18-9-6-8-17(14-18)21-20(22)16-7-5-10-19(13-16)25-15(2)3/h5-10,13-15H,4,11-12H2,1-3H3,(H,21,22). The molecule has 25 heavy (non-hydrogen) atoms. The smallest absolute Gasteiger partial charge is 0.255 e. The number of benzene rings is 2. The molecule has 0 heterocycles. The van der Waals surface area contributed by atoms with Gasteiger partial charge in [0.1, 0.15) is 18.1 Å². The van der Waals surface area contributed by atoms with Gasteiger partial charge in [0.2, 0.25) is 0 Å². The van der Waals surface area contributed by atoms with Crippen molar-refractivity contribution in [3.63, 3.8) is 0 Å². The van der Waals surface area contributed by atoms with E-state index >= 15 is 0 Å². The first kappa shape index (κ1) is 18.8. The summed E-state index contributed by atoms with van der Waals surface area (Å²) in [4.78, 5) is 12.4. The molecular weight excluding hydrogens is 318 g/mol. The van der Waals surface area contributed by atoms with Crippen molar-refractivity contribution in [2.45, 2.75) is 26.9 Å². The Morgan fingerprint density at radius 1 is 1.04 bits per heavy atom. The minimum absolute atomic E-state index is 0.0591. The third kappa shape index (κ3) is 6.47. The maximum atomic E-state index is 12.4. The lowest BCUT2D eigenvalue weighted by Crippen LogP contribution is -2.13. The van der Waals surface area contributed by atoms with Gasteiger partial charge in [0.15, 0.2) is 0 Å². The van der Waals surface area contributed by atoms with E-state index in [2.05, 4.69) is 5.32 Å². The van der Waals surface area contributed by atoms with Crippen LogP contribution in [0.25, 0.3) is 0 Å². The monoisotopic (exact) mass is 343 g/mol. The Balaban J connectivity index is 1.98. The zero-order valence-electron chi connectivity index (χ0n) is 15.0. The highest BCUT2D eigenvalue weighted by Gasteiger charge is 2.08. The van der Waals surface area contributed by atoms with E-state index in [9.17, 15) is 4.79 Å². The molecule has 2 aromatic rings. The summed E-state index contributed by atoms with van der Waals surface area (Å²) >= 11 is 0. The average Bonchev–Trinajstić information content (AvgIpc) is 2.59. The first-order valence-electron chi connectivity index (χ1n) is 8.47. The molecule has 0 fully saturated rings. The molecule has 134 valence electrons. The van der Waals surface area contributed by atoms with Crippen LogP contribution in [0.2, 0.25) is 0 Å². The van der Waals surface area contributed by atoms with Crippen LogP contribution in [0.5, 0.6) is 11.5 Å². The molecule has 0 aliphatic heterocycles. The predicted octanol–water partition coefficient (Wildman–Crippen LogP) is 4.14. The first-order valence-corrected chi connectivity index (χ1v) is 8.47. The molecule has 0 saturated heterocycles. The van der Waals surface area contributed by atoms with Crippen LogP contribution in [0.1, 0.15) is 31.1 Å². The lowest BCUT2D eigenvalue weighted by atomic mass is 10.2. The quantitative estimate of drug-likeness (QED) is 0.695. The molecule has 2 rings (SSSR count). The average molecular weight is 343 g/mol. The molecule has 0 aromatic heterocycles. The van der Waals surface area contributed by atoms with Crippen LogP contribution in [0, 0.1) is 0 Å². The highest BCUT2D eigenvalue weighted by molar-refractivity contribution is 6.04. The summed E-state index contributed by atoms with van der Waals surface area (Å²) in [5.41, 5.74) is 1.22. The minimum Gasteiger partial charge on any atom is -0.491 e. The van der Waals surface area contributed by atoms with Crippen molar-refractivity contribution >= 4 is 11.6 Å². The van der Waals surface area contributed by atoms with E-state index in [0.717, 1.165) is 0 Å². The van der Waals surface area contributed by atoms with Crippen LogP contribution in [-0.2, 0) is 4.74 Å². The maximum absolute atomic E-state index is 12.4. The number of carbonyl (C=O) groups excluding carboxylic acids is 1. The van der Waals surface area contributed by atoms with E-state index in [-0.39, 0.29) is 12.0 Å². The zero-order valence-corrected chi connectivity index (χ0v) is 15.0. The molecule has 0 aliphatic carbocycles. The minimum atomic E-state index is -0.194. The van der Waals surface area contributed by atoms with Crippen molar-refractivity contribution in [1.82, 2.24) is 0 Å². The third-order valence-corrected chi connectivity index (χ3v) is 3.26. The molecular formula is C20H25NO4. The van der Waals surface area contributed by atoms with Crippen molar-refractivity contribution in [2.24, 2.45) is 0 Å². The molecule has 2 aromatic carbocycles. The fourth-order valence-electron chi connectivity index (χ4n) is 2.21. The van der Waals surface area contributed by atoms with Gasteiger partial charge in [-0.15, -0.1) is 0 Å².